The fourth-order valence-corrected chi connectivity index (χ4v) is 1.67. The molecule has 0 saturated carbocycles. The van der Waals surface area contributed by atoms with Crippen LogP contribution in [-0.2, 0) is 0 Å². The van der Waals surface area contributed by atoms with Gasteiger partial charge in [-0.15, -0.1) is 6.58 Å². The first kappa shape index (κ1) is 16.0. The highest BCUT2D eigenvalue weighted by atomic mass is 15.2. The molecule has 0 aliphatic heterocycles. The molecule has 1 atom stereocenters. The van der Waals surface area contributed by atoms with Crippen LogP contribution in [0, 0.1) is 5.41 Å². The lowest BCUT2D eigenvalue weighted by Crippen LogP contribution is -2.35. The number of hydrogen-bond donors (Lipinski definition) is 1. The fraction of sp³-hybridized carbons (Fsp3) is 0.357. The van der Waals surface area contributed by atoms with Crippen LogP contribution in [0.3, 0.4) is 0 Å². The number of allylic oxidation sites excluding steroid dienone is 2. The number of rotatable bonds is 9. The maximum Gasteiger partial charge on any atom is 0.133 e. The monoisotopic (exact) mass is 246 g/mol. The Morgan fingerprint density at radius 2 is 2.00 bits per heavy atom. The highest BCUT2D eigenvalue weighted by molar-refractivity contribution is 6.05. The Bertz CT molecular complexity index is 379. The molecule has 0 aromatic heterocycles. The summed E-state index contributed by atoms with van der Waals surface area (Å²) in [5.41, 5.74) is 1.07. The third-order valence-corrected chi connectivity index (χ3v) is 2.69. The van der Waals surface area contributed by atoms with Gasteiger partial charge in [-0.05, 0) is 33.4 Å². The van der Waals surface area contributed by atoms with Crippen LogP contribution in [0.1, 0.15) is 13.8 Å². The van der Waals surface area contributed by atoms with Gasteiger partial charge in [0, 0.05) is 12.1 Å². The van der Waals surface area contributed by atoms with E-state index in [0.29, 0.717) is 18.1 Å². The van der Waals surface area contributed by atoms with Crippen LogP contribution >= 0.6 is 0 Å². The molecule has 0 amide bonds. The topological polar surface area (TPSA) is 51.8 Å². The summed E-state index contributed by atoms with van der Waals surface area (Å²) in [4.78, 5) is 9.93. The Morgan fingerprint density at radius 3 is 2.33 bits per heavy atom. The molecule has 0 radical (unpaired) electrons. The lowest BCUT2D eigenvalue weighted by Gasteiger charge is -2.30. The van der Waals surface area contributed by atoms with Crippen molar-refractivity contribution in [3.63, 3.8) is 0 Å². The van der Waals surface area contributed by atoms with E-state index in [1.807, 2.05) is 18.7 Å². The summed E-state index contributed by atoms with van der Waals surface area (Å²) < 4.78 is 0. The SMILES string of the molecule is C=CC(=N)/C(C)=C(\N=C)N(CC)C(C=C)CN=C. The number of nitrogens with zero attached hydrogens (tertiary/aromatic N) is 3. The molecule has 0 aliphatic rings. The van der Waals surface area contributed by atoms with Crippen molar-refractivity contribution in [3.05, 3.63) is 36.7 Å². The van der Waals surface area contributed by atoms with Crippen LogP contribution in [0.5, 0.6) is 0 Å². The van der Waals surface area contributed by atoms with E-state index in [2.05, 4.69) is 36.6 Å². The van der Waals surface area contributed by atoms with E-state index in [1.54, 1.807) is 6.08 Å². The predicted molar refractivity (Wildman–Crippen MR) is 81.0 cm³/mol. The average molecular weight is 246 g/mol. The van der Waals surface area contributed by atoms with Gasteiger partial charge in [-0.25, -0.2) is 4.99 Å². The molecule has 18 heavy (non-hydrogen) atoms. The largest absolute Gasteiger partial charge is 0.348 e. The molecule has 0 saturated heterocycles. The number of nitrogens with one attached hydrogen (secondary N) is 1. The second-order valence-electron chi connectivity index (χ2n) is 3.72. The zero-order valence-electron chi connectivity index (χ0n) is 11.3. The van der Waals surface area contributed by atoms with Gasteiger partial charge < -0.3 is 10.3 Å². The fourth-order valence-electron chi connectivity index (χ4n) is 1.67. The Hall–Kier alpha value is -1.97. The molecule has 0 aromatic carbocycles. The minimum Gasteiger partial charge on any atom is -0.348 e. The number of aliphatic imine (C=N–C) groups is 2. The summed E-state index contributed by atoms with van der Waals surface area (Å²) in [7, 11) is 0. The zero-order chi connectivity index (χ0) is 14.1. The molecule has 0 bridgehead atoms. The van der Waals surface area contributed by atoms with E-state index in [9.17, 15) is 0 Å². The van der Waals surface area contributed by atoms with Crippen molar-refractivity contribution in [1.82, 2.24) is 4.90 Å². The third-order valence-electron chi connectivity index (χ3n) is 2.69. The van der Waals surface area contributed by atoms with Crippen LogP contribution in [0.2, 0.25) is 0 Å². The highest BCUT2D eigenvalue weighted by Crippen LogP contribution is 2.17. The predicted octanol–water partition coefficient (Wildman–Crippen LogP) is 2.70. The quantitative estimate of drug-likeness (QED) is 0.493. The van der Waals surface area contributed by atoms with Gasteiger partial charge >= 0.3 is 0 Å². The standard InChI is InChI=1S/C14H22N4/c1-7-12(10-16-5)18(9-3)14(17-6)11(4)13(15)8-2/h7-8,12,15H,1-2,5-6,9-10H2,3-4H3/b14-11+,15-13?. The van der Waals surface area contributed by atoms with Crippen molar-refractivity contribution in [2.75, 3.05) is 13.1 Å². The van der Waals surface area contributed by atoms with E-state index < -0.39 is 0 Å². The van der Waals surface area contributed by atoms with Crippen molar-refractivity contribution >= 4 is 19.1 Å². The minimum absolute atomic E-state index is 0.000523. The highest BCUT2D eigenvalue weighted by Gasteiger charge is 2.18. The summed E-state index contributed by atoms with van der Waals surface area (Å²) in [5.74, 6) is 0.663. The number of hydrogen-bond acceptors (Lipinski definition) is 4. The van der Waals surface area contributed by atoms with E-state index in [1.165, 1.54) is 6.08 Å². The van der Waals surface area contributed by atoms with E-state index in [-0.39, 0.29) is 6.04 Å². The van der Waals surface area contributed by atoms with Crippen molar-refractivity contribution in [2.24, 2.45) is 9.98 Å². The molecule has 0 heterocycles. The summed E-state index contributed by atoms with van der Waals surface area (Å²) in [6.07, 6.45) is 3.29. The van der Waals surface area contributed by atoms with Gasteiger partial charge in [0.25, 0.3) is 0 Å². The maximum atomic E-state index is 7.79. The van der Waals surface area contributed by atoms with Gasteiger partial charge in [0.05, 0.1) is 18.3 Å². The Balaban J connectivity index is 5.51. The third kappa shape index (κ3) is 3.80. The van der Waals surface area contributed by atoms with E-state index in [0.717, 1.165) is 12.1 Å². The molecule has 0 aromatic rings. The molecule has 98 valence electrons. The smallest absolute Gasteiger partial charge is 0.133 e. The van der Waals surface area contributed by atoms with Crippen molar-refractivity contribution < 1.29 is 0 Å². The molecule has 4 nitrogen and oxygen atoms in total. The summed E-state index contributed by atoms with van der Waals surface area (Å²) in [5, 5.41) is 7.79. The molecule has 4 heteroatoms. The first-order chi connectivity index (χ1) is 8.56. The molecule has 1 unspecified atom stereocenters. The van der Waals surface area contributed by atoms with Crippen LogP contribution in [0.15, 0.2) is 46.7 Å². The van der Waals surface area contributed by atoms with Crippen LogP contribution < -0.4 is 0 Å². The van der Waals surface area contributed by atoms with Gasteiger partial charge in [-0.1, -0.05) is 12.7 Å². The Kier molecular flexibility index (Phi) is 7.28. The van der Waals surface area contributed by atoms with Gasteiger partial charge in [-0.2, -0.15) is 0 Å². The number of likely N-dealkylation sites (N-methyl/N-ethyl adjacent to an activating group) is 1. The van der Waals surface area contributed by atoms with E-state index >= 15 is 0 Å². The molecule has 1 N–H and O–H groups in total. The van der Waals surface area contributed by atoms with Crippen molar-refractivity contribution in [1.29, 1.82) is 5.41 Å². The van der Waals surface area contributed by atoms with E-state index in [4.69, 9.17) is 5.41 Å². The second kappa shape index (κ2) is 8.17. The lowest BCUT2D eigenvalue weighted by atomic mass is 10.1. The minimum atomic E-state index is 0.000523. The van der Waals surface area contributed by atoms with Crippen molar-refractivity contribution in [2.45, 2.75) is 19.9 Å². The Morgan fingerprint density at radius 1 is 1.39 bits per heavy atom. The molecule has 0 fully saturated rings. The van der Waals surface area contributed by atoms with Gasteiger partial charge in [0.15, 0.2) is 0 Å². The normalized spacial score (nSPS) is 13.0. The van der Waals surface area contributed by atoms with Gasteiger partial charge in [0.1, 0.15) is 5.82 Å². The summed E-state index contributed by atoms with van der Waals surface area (Å²) in [6, 6.07) is 0.000523. The van der Waals surface area contributed by atoms with Crippen LogP contribution in [-0.4, -0.2) is 43.2 Å². The first-order valence-corrected chi connectivity index (χ1v) is 5.77. The lowest BCUT2D eigenvalue weighted by molar-refractivity contribution is 0.308. The van der Waals surface area contributed by atoms with Gasteiger partial charge in [0.2, 0.25) is 0 Å². The second-order valence-corrected chi connectivity index (χ2v) is 3.72. The molecular weight excluding hydrogens is 224 g/mol. The maximum absolute atomic E-state index is 7.79. The zero-order valence-corrected chi connectivity index (χ0v) is 11.3. The van der Waals surface area contributed by atoms with Crippen LogP contribution in [0.25, 0.3) is 0 Å². The van der Waals surface area contributed by atoms with Gasteiger partial charge in [-0.3, -0.25) is 4.99 Å². The first-order valence-electron chi connectivity index (χ1n) is 5.77. The molecule has 0 spiro atoms. The molecule has 0 rings (SSSR count). The molecular formula is C14H22N4. The Labute approximate surface area is 110 Å². The van der Waals surface area contributed by atoms with Crippen molar-refractivity contribution in [3.8, 4) is 0 Å². The summed E-state index contributed by atoms with van der Waals surface area (Å²) >= 11 is 0. The average Bonchev–Trinajstić information content (AvgIpc) is 2.40. The van der Waals surface area contributed by atoms with Crippen LogP contribution in [0.4, 0.5) is 0 Å². The molecule has 0 aliphatic carbocycles. The summed E-state index contributed by atoms with van der Waals surface area (Å²) in [6.45, 7) is 19.6.